The average Bonchev–Trinajstić information content (AvgIpc) is 2.68. The summed E-state index contributed by atoms with van der Waals surface area (Å²) in [7, 11) is 3.55. The number of hydrogen-bond donors (Lipinski definition) is 1. The van der Waals surface area contributed by atoms with Gasteiger partial charge >= 0.3 is 6.09 Å². The van der Waals surface area contributed by atoms with Gasteiger partial charge in [0.25, 0.3) is 0 Å². The molecule has 0 aliphatic heterocycles. The van der Waals surface area contributed by atoms with E-state index in [2.05, 4.69) is 15.6 Å². The topological polar surface area (TPSA) is 72.3 Å². The van der Waals surface area contributed by atoms with Crippen LogP contribution in [0.15, 0.2) is 6.20 Å². The molecule has 1 amide bonds. The molecule has 0 aromatic carbocycles. The van der Waals surface area contributed by atoms with E-state index in [-0.39, 0.29) is 6.09 Å². The first kappa shape index (κ1) is 15.4. The molecule has 7 heteroatoms. The second-order valence-electron chi connectivity index (χ2n) is 5.46. The number of rotatable bonds is 5. The minimum Gasteiger partial charge on any atom is -0.444 e. The molecule has 0 aliphatic rings. The maximum absolute atomic E-state index is 11.7. The van der Waals surface area contributed by atoms with Gasteiger partial charge in [-0.2, -0.15) is 0 Å². The van der Waals surface area contributed by atoms with Crippen LogP contribution >= 0.6 is 0 Å². The predicted molar refractivity (Wildman–Crippen MR) is 71.6 cm³/mol. The summed E-state index contributed by atoms with van der Waals surface area (Å²) >= 11 is 0. The molecule has 19 heavy (non-hydrogen) atoms. The molecule has 0 atom stereocenters. The highest BCUT2D eigenvalue weighted by Crippen LogP contribution is 2.08. The first-order chi connectivity index (χ1) is 8.78. The smallest absolute Gasteiger partial charge is 0.410 e. The summed E-state index contributed by atoms with van der Waals surface area (Å²) in [6, 6.07) is 0. The molecule has 108 valence electrons. The van der Waals surface area contributed by atoms with E-state index >= 15 is 0 Å². The van der Waals surface area contributed by atoms with Crippen molar-refractivity contribution in [2.75, 3.05) is 20.1 Å². The van der Waals surface area contributed by atoms with E-state index in [4.69, 9.17) is 4.74 Å². The lowest BCUT2D eigenvalue weighted by atomic mass is 10.2. The molecular weight excluding hydrogens is 246 g/mol. The minimum atomic E-state index is -0.460. The summed E-state index contributed by atoms with van der Waals surface area (Å²) in [6.07, 6.45) is 1.54. The number of nitrogens with one attached hydrogen (secondary N) is 1. The van der Waals surface area contributed by atoms with E-state index in [1.54, 1.807) is 16.6 Å². The standard InChI is InChI=1S/C12H23N5O2/c1-12(2,3)19-11(18)16(4)7-6-13-8-10-9-17(5)15-14-10/h9,13H,6-8H2,1-5H3. The van der Waals surface area contributed by atoms with Crippen LogP contribution in [-0.4, -0.2) is 51.7 Å². The number of ether oxygens (including phenoxy) is 1. The molecule has 0 saturated heterocycles. The van der Waals surface area contributed by atoms with Gasteiger partial charge in [-0.05, 0) is 20.8 Å². The van der Waals surface area contributed by atoms with Gasteiger partial charge in [-0.3, -0.25) is 4.68 Å². The normalized spacial score (nSPS) is 11.4. The van der Waals surface area contributed by atoms with Crippen LogP contribution in [-0.2, 0) is 18.3 Å². The summed E-state index contributed by atoms with van der Waals surface area (Å²) < 4.78 is 6.91. The van der Waals surface area contributed by atoms with Crippen LogP contribution in [0.2, 0.25) is 0 Å². The minimum absolute atomic E-state index is 0.311. The Morgan fingerprint density at radius 2 is 2.21 bits per heavy atom. The third-order valence-electron chi connectivity index (χ3n) is 2.29. The van der Waals surface area contributed by atoms with Crippen LogP contribution in [0.5, 0.6) is 0 Å². The number of likely N-dealkylation sites (N-methyl/N-ethyl adjacent to an activating group) is 1. The summed E-state index contributed by atoms with van der Waals surface area (Å²) in [5.41, 5.74) is 0.417. The van der Waals surface area contributed by atoms with Crippen molar-refractivity contribution in [3.8, 4) is 0 Å². The van der Waals surface area contributed by atoms with Crippen molar-refractivity contribution in [2.24, 2.45) is 7.05 Å². The molecule has 0 unspecified atom stereocenters. The van der Waals surface area contributed by atoms with Gasteiger partial charge in [0, 0.05) is 39.9 Å². The first-order valence-corrected chi connectivity index (χ1v) is 6.28. The van der Waals surface area contributed by atoms with E-state index in [9.17, 15) is 4.79 Å². The fourth-order valence-electron chi connectivity index (χ4n) is 1.37. The van der Waals surface area contributed by atoms with Gasteiger partial charge in [-0.1, -0.05) is 5.21 Å². The molecule has 1 N–H and O–H groups in total. The van der Waals surface area contributed by atoms with Gasteiger partial charge in [0.15, 0.2) is 0 Å². The van der Waals surface area contributed by atoms with Crippen LogP contribution in [0.1, 0.15) is 26.5 Å². The lowest BCUT2D eigenvalue weighted by Crippen LogP contribution is -2.37. The van der Waals surface area contributed by atoms with Gasteiger partial charge < -0.3 is 15.0 Å². The highest BCUT2D eigenvalue weighted by Gasteiger charge is 2.18. The van der Waals surface area contributed by atoms with Crippen LogP contribution in [0, 0.1) is 0 Å². The molecule has 1 heterocycles. The van der Waals surface area contributed by atoms with Crippen LogP contribution in [0.3, 0.4) is 0 Å². The zero-order valence-corrected chi connectivity index (χ0v) is 12.3. The molecule has 0 aliphatic carbocycles. The summed E-state index contributed by atoms with van der Waals surface area (Å²) in [6.45, 7) is 7.44. The third kappa shape index (κ3) is 6.19. The van der Waals surface area contributed by atoms with Crippen molar-refractivity contribution in [3.63, 3.8) is 0 Å². The zero-order chi connectivity index (χ0) is 14.5. The number of nitrogens with zero attached hydrogens (tertiary/aromatic N) is 4. The molecular formula is C12H23N5O2. The number of carbonyl (C=O) groups is 1. The first-order valence-electron chi connectivity index (χ1n) is 6.28. The van der Waals surface area contributed by atoms with Crippen LogP contribution in [0.25, 0.3) is 0 Å². The molecule has 1 rings (SSSR count). The second kappa shape index (κ2) is 6.51. The van der Waals surface area contributed by atoms with E-state index in [0.29, 0.717) is 19.6 Å². The predicted octanol–water partition coefficient (Wildman–Crippen LogP) is 0.772. The quantitative estimate of drug-likeness (QED) is 0.799. The van der Waals surface area contributed by atoms with Crippen LogP contribution < -0.4 is 5.32 Å². The Kier molecular flexibility index (Phi) is 5.29. The monoisotopic (exact) mass is 269 g/mol. The molecule has 0 radical (unpaired) electrons. The molecule has 1 aromatic rings. The maximum Gasteiger partial charge on any atom is 0.410 e. The van der Waals surface area contributed by atoms with Crippen molar-refractivity contribution in [1.82, 2.24) is 25.2 Å². The van der Waals surface area contributed by atoms with Crippen molar-refractivity contribution < 1.29 is 9.53 Å². The lowest BCUT2D eigenvalue weighted by Gasteiger charge is -2.24. The molecule has 0 fully saturated rings. The number of hydrogen-bond acceptors (Lipinski definition) is 5. The van der Waals surface area contributed by atoms with Gasteiger partial charge in [0.1, 0.15) is 5.60 Å². The highest BCUT2D eigenvalue weighted by atomic mass is 16.6. The second-order valence-corrected chi connectivity index (χ2v) is 5.46. The van der Waals surface area contributed by atoms with E-state index in [1.807, 2.05) is 34.0 Å². The molecule has 0 spiro atoms. The highest BCUT2D eigenvalue weighted by molar-refractivity contribution is 5.67. The largest absolute Gasteiger partial charge is 0.444 e. The maximum atomic E-state index is 11.7. The van der Waals surface area contributed by atoms with Crippen molar-refractivity contribution >= 4 is 6.09 Å². The molecule has 0 bridgehead atoms. The van der Waals surface area contributed by atoms with Gasteiger partial charge in [-0.25, -0.2) is 4.79 Å². The number of carbonyl (C=O) groups excluding carboxylic acids is 1. The Labute approximate surface area is 113 Å². The number of amides is 1. The molecule has 1 aromatic heterocycles. The number of aromatic nitrogens is 3. The fraction of sp³-hybridized carbons (Fsp3) is 0.750. The van der Waals surface area contributed by atoms with E-state index in [1.165, 1.54) is 0 Å². The van der Waals surface area contributed by atoms with Gasteiger partial charge in [0.05, 0.1) is 5.69 Å². The van der Waals surface area contributed by atoms with Crippen molar-refractivity contribution in [2.45, 2.75) is 32.9 Å². The Morgan fingerprint density at radius 1 is 1.53 bits per heavy atom. The summed E-state index contributed by atoms with van der Waals surface area (Å²) in [5, 5.41) is 11.0. The zero-order valence-electron chi connectivity index (χ0n) is 12.3. The Morgan fingerprint density at radius 3 is 2.74 bits per heavy atom. The number of aryl methyl sites for hydroxylation is 1. The lowest BCUT2D eigenvalue weighted by molar-refractivity contribution is 0.0300. The molecule has 0 saturated carbocycles. The van der Waals surface area contributed by atoms with E-state index in [0.717, 1.165) is 5.69 Å². The summed E-state index contributed by atoms with van der Waals surface area (Å²) in [5.74, 6) is 0. The molecule has 7 nitrogen and oxygen atoms in total. The van der Waals surface area contributed by atoms with Gasteiger partial charge in [-0.15, -0.1) is 5.10 Å². The SMILES string of the molecule is CN(CCNCc1cn(C)nn1)C(=O)OC(C)(C)C. The van der Waals surface area contributed by atoms with Crippen molar-refractivity contribution in [3.05, 3.63) is 11.9 Å². The Balaban J connectivity index is 2.20. The fourth-order valence-corrected chi connectivity index (χ4v) is 1.37. The van der Waals surface area contributed by atoms with Crippen LogP contribution in [0.4, 0.5) is 4.79 Å². The summed E-state index contributed by atoms with van der Waals surface area (Å²) in [4.78, 5) is 13.2. The average molecular weight is 269 g/mol. The van der Waals surface area contributed by atoms with Gasteiger partial charge in [0.2, 0.25) is 0 Å². The Hall–Kier alpha value is -1.63. The third-order valence-corrected chi connectivity index (χ3v) is 2.29. The van der Waals surface area contributed by atoms with E-state index < -0.39 is 5.60 Å². The Bertz CT molecular complexity index is 410. The van der Waals surface area contributed by atoms with Crippen molar-refractivity contribution in [1.29, 1.82) is 0 Å².